The third-order valence-corrected chi connectivity index (χ3v) is 4.78. The van der Waals surface area contributed by atoms with Crippen molar-refractivity contribution in [3.63, 3.8) is 0 Å². The summed E-state index contributed by atoms with van der Waals surface area (Å²) < 4.78 is 4.74. The molecular weight excluding hydrogens is 324 g/mol. The van der Waals surface area contributed by atoms with Gasteiger partial charge in [-0.05, 0) is 46.7 Å². The average molecular weight is 340 g/mol. The van der Waals surface area contributed by atoms with Crippen LogP contribution in [0.5, 0.6) is 11.5 Å². The molecule has 3 aromatic rings. The molecule has 4 nitrogen and oxygen atoms in total. The van der Waals surface area contributed by atoms with Gasteiger partial charge in [-0.1, -0.05) is 36.0 Å². The summed E-state index contributed by atoms with van der Waals surface area (Å²) >= 11 is 1.54. The number of carbonyl (C=O) groups excluding carboxylic acids is 1. The van der Waals surface area contributed by atoms with Crippen LogP contribution in [0.1, 0.15) is 5.56 Å². The minimum Gasteiger partial charge on any atom is -0.504 e. The molecule has 3 aromatic carbocycles. The van der Waals surface area contributed by atoms with Gasteiger partial charge in [0, 0.05) is 9.79 Å². The number of benzene rings is 3. The predicted octanol–water partition coefficient (Wildman–Crippen LogP) is 4.12. The van der Waals surface area contributed by atoms with Crippen molar-refractivity contribution in [2.75, 3.05) is 7.11 Å². The first-order valence-electron chi connectivity index (χ1n) is 7.35. The van der Waals surface area contributed by atoms with E-state index < -0.39 is 0 Å². The van der Waals surface area contributed by atoms with Crippen LogP contribution < -0.4 is 0 Å². The lowest BCUT2D eigenvalue weighted by molar-refractivity contribution is -0.139. The molecule has 0 heterocycles. The maximum atomic E-state index is 11.5. The zero-order chi connectivity index (χ0) is 17.1. The highest BCUT2D eigenvalue weighted by Crippen LogP contribution is 2.35. The number of hydrogen-bond acceptors (Lipinski definition) is 5. The average Bonchev–Trinajstić information content (AvgIpc) is 2.58. The molecule has 0 fully saturated rings. The number of carbonyl (C=O) groups is 1. The van der Waals surface area contributed by atoms with Gasteiger partial charge in [-0.2, -0.15) is 0 Å². The van der Waals surface area contributed by atoms with Gasteiger partial charge in [-0.15, -0.1) is 0 Å². The number of phenolic OH excluding ortho intramolecular Hbond substituents is 2. The molecule has 0 bridgehead atoms. The van der Waals surface area contributed by atoms with Crippen molar-refractivity contribution in [2.24, 2.45) is 0 Å². The second-order valence-corrected chi connectivity index (χ2v) is 6.43. The maximum absolute atomic E-state index is 11.5. The summed E-state index contributed by atoms with van der Waals surface area (Å²) in [4.78, 5) is 13.5. The summed E-state index contributed by atoms with van der Waals surface area (Å²) in [5, 5.41) is 20.9. The van der Waals surface area contributed by atoms with Gasteiger partial charge in [-0.25, -0.2) is 0 Å². The molecule has 0 saturated carbocycles. The first-order chi connectivity index (χ1) is 11.6. The number of ether oxygens (including phenoxy) is 1. The lowest BCUT2D eigenvalue weighted by Gasteiger charge is -2.09. The number of hydrogen-bond donors (Lipinski definition) is 2. The molecule has 3 rings (SSSR count). The molecule has 0 atom stereocenters. The second-order valence-electron chi connectivity index (χ2n) is 5.31. The van der Waals surface area contributed by atoms with E-state index in [4.69, 9.17) is 4.74 Å². The fraction of sp³-hybridized carbons (Fsp3) is 0.105. The lowest BCUT2D eigenvalue weighted by atomic mass is 10.1. The molecule has 0 aliphatic rings. The Morgan fingerprint density at radius 1 is 1.00 bits per heavy atom. The van der Waals surface area contributed by atoms with E-state index in [9.17, 15) is 15.0 Å². The van der Waals surface area contributed by atoms with Crippen molar-refractivity contribution in [3.8, 4) is 11.5 Å². The van der Waals surface area contributed by atoms with Gasteiger partial charge < -0.3 is 14.9 Å². The van der Waals surface area contributed by atoms with E-state index >= 15 is 0 Å². The number of phenols is 2. The van der Waals surface area contributed by atoms with Crippen LogP contribution in [0.3, 0.4) is 0 Å². The first-order valence-corrected chi connectivity index (χ1v) is 8.17. The van der Waals surface area contributed by atoms with Crippen molar-refractivity contribution in [3.05, 3.63) is 60.2 Å². The SMILES string of the molecule is COC(=O)Cc1ccccc1Sc1ccc2cc(O)c(O)cc2c1. The van der Waals surface area contributed by atoms with Crippen LogP contribution in [0, 0.1) is 0 Å². The van der Waals surface area contributed by atoms with Crippen molar-refractivity contribution in [1.82, 2.24) is 0 Å². The summed E-state index contributed by atoms with van der Waals surface area (Å²) in [5.41, 5.74) is 0.906. The van der Waals surface area contributed by atoms with Crippen LogP contribution in [0.15, 0.2) is 64.4 Å². The number of esters is 1. The minimum atomic E-state index is -0.276. The van der Waals surface area contributed by atoms with Crippen molar-refractivity contribution < 1.29 is 19.7 Å². The van der Waals surface area contributed by atoms with Crippen LogP contribution in [0.25, 0.3) is 10.8 Å². The Morgan fingerprint density at radius 3 is 2.46 bits per heavy atom. The molecule has 2 N–H and O–H groups in total. The van der Waals surface area contributed by atoms with Crippen molar-refractivity contribution in [1.29, 1.82) is 0 Å². The largest absolute Gasteiger partial charge is 0.504 e. The normalized spacial score (nSPS) is 10.7. The van der Waals surface area contributed by atoms with Crippen LogP contribution in [0.2, 0.25) is 0 Å². The highest BCUT2D eigenvalue weighted by Gasteiger charge is 2.10. The fourth-order valence-corrected chi connectivity index (χ4v) is 3.41. The quantitative estimate of drug-likeness (QED) is 0.552. The van der Waals surface area contributed by atoms with Gasteiger partial charge in [-0.3, -0.25) is 4.79 Å². The predicted molar refractivity (Wildman–Crippen MR) is 93.6 cm³/mol. The fourth-order valence-electron chi connectivity index (χ4n) is 2.42. The van der Waals surface area contributed by atoms with Gasteiger partial charge in [0.2, 0.25) is 0 Å². The summed E-state index contributed by atoms with van der Waals surface area (Å²) in [5.74, 6) is -0.552. The Bertz CT molecular complexity index is 905. The van der Waals surface area contributed by atoms with Crippen LogP contribution in [-0.4, -0.2) is 23.3 Å². The second kappa shape index (κ2) is 6.84. The Balaban J connectivity index is 1.92. The molecule has 0 unspecified atom stereocenters. The van der Waals surface area contributed by atoms with Crippen LogP contribution in [0.4, 0.5) is 0 Å². The molecule has 0 saturated heterocycles. The van der Waals surface area contributed by atoms with Gasteiger partial charge in [0.05, 0.1) is 13.5 Å². The lowest BCUT2D eigenvalue weighted by Crippen LogP contribution is -2.05. The molecule has 0 aliphatic heterocycles. The summed E-state index contributed by atoms with van der Waals surface area (Å²) in [7, 11) is 1.38. The standard InChI is InChI=1S/C19H16O4S/c1-23-19(22)11-13-4-2-3-5-18(13)24-15-7-6-12-9-16(20)17(21)10-14(12)8-15/h2-10,20-21H,11H2,1H3. The van der Waals surface area contributed by atoms with E-state index in [0.717, 1.165) is 26.1 Å². The number of fused-ring (bicyclic) bond motifs is 1. The maximum Gasteiger partial charge on any atom is 0.310 e. The van der Waals surface area contributed by atoms with Crippen LogP contribution >= 0.6 is 11.8 Å². The number of rotatable bonds is 4. The molecule has 0 aliphatic carbocycles. The zero-order valence-electron chi connectivity index (χ0n) is 13.0. The van der Waals surface area contributed by atoms with E-state index in [2.05, 4.69) is 0 Å². The van der Waals surface area contributed by atoms with E-state index in [1.807, 2.05) is 42.5 Å². The third kappa shape index (κ3) is 3.46. The highest BCUT2D eigenvalue weighted by atomic mass is 32.2. The van der Waals surface area contributed by atoms with Gasteiger partial charge in [0.15, 0.2) is 11.5 Å². The van der Waals surface area contributed by atoms with Crippen molar-refractivity contribution in [2.45, 2.75) is 16.2 Å². The first kappa shape index (κ1) is 16.2. The summed E-state index contributed by atoms with van der Waals surface area (Å²) in [6.07, 6.45) is 0.224. The molecule has 122 valence electrons. The topological polar surface area (TPSA) is 66.8 Å². The van der Waals surface area contributed by atoms with Gasteiger partial charge in [0.1, 0.15) is 0 Å². The molecule has 0 aromatic heterocycles. The van der Waals surface area contributed by atoms with Crippen molar-refractivity contribution >= 4 is 28.5 Å². The third-order valence-electron chi connectivity index (χ3n) is 3.67. The Hall–Kier alpha value is -2.66. The van der Waals surface area contributed by atoms with E-state index in [1.54, 1.807) is 0 Å². The van der Waals surface area contributed by atoms with Gasteiger partial charge >= 0.3 is 5.97 Å². The Morgan fingerprint density at radius 2 is 1.71 bits per heavy atom. The molecule has 5 heteroatoms. The Labute approximate surface area is 143 Å². The molecule has 0 spiro atoms. The minimum absolute atomic E-state index is 0.133. The number of methoxy groups -OCH3 is 1. The molecule has 0 amide bonds. The van der Waals surface area contributed by atoms with E-state index in [0.29, 0.717) is 0 Å². The van der Waals surface area contributed by atoms with E-state index in [-0.39, 0.29) is 23.9 Å². The monoisotopic (exact) mass is 340 g/mol. The zero-order valence-corrected chi connectivity index (χ0v) is 13.8. The smallest absolute Gasteiger partial charge is 0.310 e. The van der Waals surface area contributed by atoms with Gasteiger partial charge in [0.25, 0.3) is 0 Å². The highest BCUT2D eigenvalue weighted by molar-refractivity contribution is 7.99. The van der Waals surface area contributed by atoms with Crippen LogP contribution in [-0.2, 0) is 16.0 Å². The number of aromatic hydroxyl groups is 2. The molecule has 0 radical (unpaired) electrons. The summed E-state index contributed by atoms with van der Waals surface area (Å²) in [6.45, 7) is 0. The van der Waals surface area contributed by atoms with E-state index in [1.165, 1.54) is 31.0 Å². The molecular formula is C19H16O4S. The Kier molecular flexibility index (Phi) is 4.62. The summed E-state index contributed by atoms with van der Waals surface area (Å²) in [6, 6.07) is 16.5. The molecule has 24 heavy (non-hydrogen) atoms.